The van der Waals surface area contributed by atoms with Gasteiger partial charge in [-0.05, 0) is 51.2 Å². The van der Waals surface area contributed by atoms with Crippen LogP contribution >= 0.6 is 0 Å². The van der Waals surface area contributed by atoms with Crippen molar-refractivity contribution in [2.24, 2.45) is 5.73 Å². The van der Waals surface area contributed by atoms with E-state index in [4.69, 9.17) is 5.73 Å². The van der Waals surface area contributed by atoms with E-state index in [9.17, 15) is 18.0 Å². The highest BCUT2D eigenvalue weighted by atomic mass is 19.4. The maximum absolute atomic E-state index is 13.3. The van der Waals surface area contributed by atoms with Crippen molar-refractivity contribution < 1.29 is 18.0 Å². The first kappa shape index (κ1) is 17.7. The third-order valence-corrected chi connectivity index (χ3v) is 4.30. The lowest BCUT2D eigenvalue weighted by molar-refractivity contribution is -0.138. The highest BCUT2D eigenvalue weighted by molar-refractivity contribution is 5.93. The lowest BCUT2D eigenvalue weighted by atomic mass is 10.00. The Balaban J connectivity index is 2.23. The minimum absolute atomic E-state index is 0.120. The average Bonchev–Trinajstić information content (AvgIpc) is 2.46. The van der Waals surface area contributed by atoms with Gasteiger partial charge in [0.25, 0.3) is 0 Å². The predicted molar refractivity (Wildman–Crippen MR) is 81.9 cm³/mol. The molecule has 0 aliphatic carbocycles. The van der Waals surface area contributed by atoms with E-state index >= 15 is 0 Å². The fourth-order valence-electron chi connectivity index (χ4n) is 2.97. The van der Waals surface area contributed by atoms with Gasteiger partial charge >= 0.3 is 6.18 Å². The fourth-order valence-corrected chi connectivity index (χ4v) is 2.97. The van der Waals surface area contributed by atoms with Crippen LogP contribution in [0.1, 0.15) is 34.3 Å². The van der Waals surface area contributed by atoms with Crippen molar-refractivity contribution in [2.75, 3.05) is 27.2 Å². The van der Waals surface area contributed by atoms with Crippen LogP contribution in [0.4, 0.5) is 13.2 Å². The van der Waals surface area contributed by atoms with Crippen molar-refractivity contribution >= 4 is 5.91 Å². The molecule has 1 saturated heterocycles. The molecule has 23 heavy (non-hydrogen) atoms. The summed E-state index contributed by atoms with van der Waals surface area (Å²) < 4.78 is 39.8. The molecule has 0 spiro atoms. The van der Waals surface area contributed by atoms with Gasteiger partial charge in [0.05, 0.1) is 5.56 Å². The molecule has 7 heteroatoms. The summed E-state index contributed by atoms with van der Waals surface area (Å²) in [6, 6.07) is 3.93. The molecule has 1 unspecified atom stereocenters. The topological polar surface area (TPSA) is 49.6 Å². The third kappa shape index (κ3) is 4.45. The van der Waals surface area contributed by atoms with Gasteiger partial charge in [-0.15, -0.1) is 0 Å². The maximum Gasteiger partial charge on any atom is 0.416 e. The number of hydrogen-bond donors (Lipinski definition) is 1. The van der Waals surface area contributed by atoms with Crippen LogP contribution in [-0.2, 0) is 12.7 Å². The van der Waals surface area contributed by atoms with E-state index in [0.717, 1.165) is 32.0 Å². The standard InChI is InChI=1S/C16H22F3N3O/c1-21(2)13-4-3-7-22(10-13)9-12-6-5-11(15(20)23)8-14(12)16(17,18)19/h5-6,8,13H,3-4,7,9-10H2,1-2H3,(H2,20,23). The Morgan fingerprint density at radius 1 is 1.39 bits per heavy atom. The SMILES string of the molecule is CN(C)C1CCCN(Cc2ccc(C(N)=O)cc2C(F)(F)F)C1. The molecule has 1 aromatic carbocycles. The summed E-state index contributed by atoms with van der Waals surface area (Å²) in [6.45, 7) is 1.74. The van der Waals surface area contributed by atoms with Crippen molar-refractivity contribution in [3.8, 4) is 0 Å². The highest BCUT2D eigenvalue weighted by Crippen LogP contribution is 2.33. The van der Waals surface area contributed by atoms with Crippen molar-refractivity contribution in [3.05, 3.63) is 34.9 Å². The number of primary amides is 1. The second-order valence-electron chi connectivity index (χ2n) is 6.23. The van der Waals surface area contributed by atoms with Gasteiger partial charge in [-0.2, -0.15) is 13.2 Å². The van der Waals surface area contributed by atoms with E-state index in [1.807, 2.05) is 19.0 Å². The quantitative estimate of drug-likeness (QED) is 0.922. The maximum atomic E-state index is 13.3. The Labute approximate surface area is 134 Å². The van der Waals surface area contributed by atoms with Crippen molar-refractivity contribution in [1.29, 1.82) is 0 Å². The predicted octanol–water partition coefficient (Wildman–Crippen LogP) is 2.33. The van der Waals surface area contributed by atoms with E-state index in [1.165, 1.54) is 12.1 Å². The molecule has 1 aliphatic rings. The summed E-state index contributed by atoms with van der Waals surface area (Å²) >= 11 is 0. The monoisotopic (exact) mass is 329 g/mol. The third-order valence-electron chi connectivity index (χ3n) is 4.30. The van der Waals surface area contributed by atoms with Gasteiger partial charge in [0, 0.05) is 24.7 Å². The molecule has 1 heterocycles. The number of hydrogen-bond acceptors (Lipinski definition) is 3. The number of nitrogens with two attached hydrogens (primary N) is 1. The fraction of sp³-hybridized carbons (Fsp3) is 0.562. The second-order valence-corrected chi connectivity index (χ2v) is 6.23. The molecule has 4 nitrogen and oxygen atoms in total. The summed E-state index contributed by atoms with van der Waals surface area (Å²) in [6.07, 6.45) is -2.49. The summed E-state index contributed by atoms with van der Waals surface area (Å²) in [5, 5.41) is 0. The Morgan fingerprint density at radius 3 is 2.65 bits per heavy atom. The number of amides is 1. The van der Waals surface area contributed by atoms with Crippen LogP contribution in [-0.4, -0.2) is 48.9 Å². The zero-order valence-corrected chi connectivity index (χ0v) is 13.4. The lowest BCUT2D eigenvalue weighted by Gasteiger charge is -2.36. The van der Waals surface area contributed by atoms with Crippen molar-refractivity contribution in [1.82, 2.24) is 9.80 Å². The largest absolute Gasteiger partial charge is 0.416 e. The van der Waals surface area contributed by atoms with Gasteiger partial charge in [0.15, 0.2) is 0 Å². The highest BCUT2D eigenvalue weighted by Gasteiger charge is 2.34. The molecule has 0 saturated carbocycles. The Morgan fingerprint density at radius 2 is 2.09 bits per heavy atom. The van der Waals surface area contributed by atoms with Crippen LogP contribution < -0.4 is 5.73 Å². The summed E-state index contributed by atoms with van der Waals surface area (Å²) in [5.74, 6) is -0.854. The Kier molecular flexibility index (Phi) is 5.31. The van der Waals surface area contributed by atoms with E-state index in [2.05, 4.69) is 4.90 Å². The zero-order chi connectivity index (χ0) is 17.2. The number of nitrogens with zero attached hydrogens (tertiary/aromatic N) is 2. The van der Waals surface area contributed by atoms with Gasteiger partial charge in [0.2, 0.25) is 5.91 Å². The molecule has 1 aliphatic heterocycles. The van der Waals surface area contributed by atoms with Crippen LogP contribution in [0.5, 0.6) is 0 Å². The van der Waals surface area contributed by atoms with Crippen molar-refractivity contribution in [3.63, 3.8) is 0 Å². The van der Waals surface area contributed by atoms with Gasteiger partial charge < -0.3 is 10.6 Å². The van der Waals surface area contributed by atoms with Crippen LogP contribution in [0.3, 0.4) is 0 Å². The van der Waals surface area contributed by atoms with Gasteiger partial charge in [-0.25, -0.2) is 0 Å². The van der Waals surface area contributed by atoms with E-state index in [1.54, 1.807) is 0 Å². The van der Waals surface area contributed by atoms with Gasteiger partial charge in [0.1, 0.15) is 0 Å². The van der Waals surface area contributed by atoms with E-state index < -0.39 is 17.6 Å². The smallest absolute Gasteiger partial charge is 0.366 e. The van der Waals surface area contributed by atoms with Gasteiger partial charge in [-0.3, -0.25) is 9.69 Å². The summed E-state index contributed by atoms with van der Waals surface area (Å²) in [4.78, 5) is 15.3. The lowest BCUT2D eigenvalue weighted by Crippen LogP contribution is -2.44. The first-order chi connectivity index (χ1) is 10.7. The number of carbonyl (C=O) groups is 1. The number of benzene rings is 1. The Hall–Kier alpha value is -1.60. The molecule has 128 valence electrons. The molecule has 1 aromatic rings. The summed E-state index contributed by atoms with van der Waals surface area (Å²) in [7, 11) is 3.97. The summed E-state index contributed by atoms with van der Waals surface area (Å²) in [5.41, 5.74) is 4.38. The molecule has 1 atom stereocenters. The molecule has 0 radical (unpaired) electrons. The first-order valence-corrected chi connectivity index (χ1v) is 7.57. The van der Waals surface area contributed by atoms with Crippen LogP contribution in [0.15, 0.2) is 18.2 Å². The zero-order valence-electron chi connectivity index (χ0n) is 13.4. The molecular weight excluding hydrogens is 307 g/mol. The number of alkyl halides is 3. The number of piperidine rings is 1. The molecule has 2 rings (SSSR count). The Bertz CT molecular complexity index is 572. The van der Waals surface area contributed by atoms with Crippen LogP contribution in [0, 0.1) is 0 Å². The van der Waals surface area contributed by atoms with Crippen molar-refractivity contribution in [2.45, 2.75) is 31.6 Å². The molecule has 1 amide bonds. The minimum atomic E-state index is -4.50. The molecule has 0 aromatic heterocycles. The number of halogens is 3. The minimum Gasteiger partial charge on any atom is -0.366 e. The number of carbonyl (C=O) groups excluding carboxylic acids is 1. The second kappa shape index (κ2) is 6.88. The first-order valence-electron chi connectivity index (χ1n) is 7.57. The molecule has 2 N–H and O–H groups in total. The normalized spacial score (nSPS) is 20.0. The van der Waals surface area contributed by atoms with E-state index in [-0.39, 0.29) is 17.7 Å². The van der Waals surface area contributed by atoms with Crippen LogP contribution in [0.2, 0.25) is 0 Å². The molecular formula is C16H22F3N3O. The van der Waals surface area contributed by atoms with Gasteiger partial charge in [-0.1, -0.05) is 6.07 Å². The molecule has 0 bridgehead atoms. The number of likely N-dealkylation sites (tertiary alicyclic amines) is 1. The average molecular weight is 329 g/mol. The number of rotatable bonds is 4. The van der Waals surface area contributed by atoms with E-state index in [0.29, 0.717) is 6.04 Å². The molecule has 1 fully saturated rings. The number of likely N-dealkylation sites (N-methyl/N-ethyl adjacent to an activating group) is 1. The van der Waals surface area contributed by atoms with Crippen LogP contribution in [0.25, 0.3) is 0 Å².